The zero-order valence-corrected chi connectivity index (χ0v) is 14.8. The molecule has 2 atom stereocenters. The summed E-state index contributed by atoms with van der Waals surface area (Å²) in [5, 5.41) is 0.384. The van der Waals surface area contributed by atoms with Gasteiger partial charge in [-0.25, -0.2) is 0 Å². The highest BCUT2D eigenvalue weighted by Gasteiger charge is 2.36. The molecule has 1 aliphatic heterocycles. The molecule has 0 fully saturated rings. The van der Waals surface area contributed by atoms with E-state index in [-0.39, 0.29) is 5.60 Å². The molecule has 1 aliphatic rings. The van der Waals surface area contributed by atoms with Gasteiger partial charge in [0.15, 0.2) is 0 Å². The number of fused-ring (bicyclic) bond motifs is 1. The Labute approximate surface area is 133 Å². The van der Waals surface area contributed by atoms with Gasteiger partial charge in [0.2, 0.25) is 0 Å². The Morgan fingerprint density at radius 3 is 2.67 bits per heavy atom. The SMILES string of the molecule is CC(C)=C/C=C/[C@]1(C)Oc2ccc(C(C)C)cc2S[C@@H]1C. The van der Waals surface area contributed by atoms with Crippen LogP contribution in [-0.4, -0.2) is 10.9 Å². The molecular weight excluding hydrogens is 276 g/mol. The highest BCUT2D eigenvalue weighted by Crippen LogP contribution is 2.45. The van der Waals surface area contributed by atoms with Crippen LogP contribution in [0.25, 0.3) is 0 Å². The van der Waals surface area contributed by atoms with E-state index in [9.17, 15) is 0 Å². The molecule has 0 aliphatic carbocycles. The van der Waals surface area contributed by atoms with Crippen molar-refractivity contribution in [1.82, 2.24) is 0 Å². The van der Waals surface area contributed by atoms with Crippen molar-refractivity contribution in [1.29, 1.82) is 0 Å². The summed E-state index contributed by atoms with van der Waals surface area (Å²) in [4.78, 5) is 1.27. The monoisotopic (exact) mass is 302 g/mol. The summed E-state index contributed by atoms with van der Waals surface area (Å²) < 4.78 is 6.31. The molecule has 0 bridgehead atoms. The molecule has 2 rings (SSSR count). The van der Waals surface area contributed by atoms with Gasteiger partial charge in [0.05, 0.1) is 10.1 Å². The van der Waals surface area contributed by atoms with Crippen LogP contribution in [0.2, 0.25) is 0 Å². The lowest BCUT2D eigenvalue weighted by atomic mass is 10.00. The maximum Gasteiger partial charge on any atom is 0.137 e. The lowest BCUT2D eigenvalue weighted by molar-refractivity contribution is 0.132. The van der Waals surface area contributed by atoms with Crippen LogP contribution in [-0.2, 0) is 0 Å². The van der Waals surface area contributed by atoms with Gasteiger partial charge in [0, 0.05) is 0 Å². The third kappa shape index (κ3) is 3.74. The molecule has 0 N–H and O–H groups in total. The molecule has 114 valence electrons. The Kier molecular flexibility index (Phi) is 4.88. The number of hydrogen-bond acceptors (Lipinski definition) is 2. The van der Waals surface area contributed by atoms with E-state index in [2.05, 4.69) is 78.0 Å². The van der Waals surface area contributed by atoms with Gasteiger partial charge >= 0.3 is 0 Å². The van der Waals surface area contributed by atoms with Crippen LogP contribution in [0, 0.1) is 0 Å². The molecule has 1 aromatic rings. The van der Waals surface area contributed by atoms with Crippen molar-refractivity contribution in [2.24, 2.45) is 0 Å². The van der Waals surface area contributed by atoms with E-state index >= 15 is 0 Å². The zero-order valence-electron chi connectivity index (χ0n) is 13.9. The predicted octanol–water partition coefficient (Wildman–Crippen LogP) is 5.96. The Morgan fingerprint density at radius 2 is 2.05 bits per heavy atom. The van der Waals surface area contributed by atoms with Crippen LogP contribution in [0.5, 0.6) is 5.75 Å². The second kappa shape index (κ2) is 6.31. The fourth-order valence-corrected chi connectivity index (χ4v) is 3.46. The summed E-state index contributed by atoms with van der Waals surface area (Å²) >= 11 is 1.91. The first kappa shape index (κ1) is 16.2. The lowest BCUT2D eigenvalue weighted by Gasteiger charge is -2.38. The Balaban J connectivity index is 2.28. The predicted molar refractivity (Wildman–Crippen MR) is 93.5 cm³/mol. The van der Waals surface area contributed by atoms with E-state index in [0.29, 0.717) is 11.2 Å². The van der Waals surface area contributed by atoms with E-state index in [1.165, 1.54) is 16.0 Å². The van der Waals surface area contributed by atoms with Crippen molar-refractivity contribution >= 4 is 11.8 Å². The highest BCUT2D eigenvalue weighted by atomic mass is 32.2. The van der Waals surface area contributed by atoms with E-state index in [4.69, 9.17) is 4.74 Å². The molecule has 1 heterocycles. The molecule has 1 aromatic carbocycles. The summed E-state index contributed by atoms with van der Waals surface area (Å²) in [6.45, 7) is 13.1. The Hall–Kier alpha value is -1.15. The van der Waals surface area contributed by atoms with Crippen molar-refractivity contribution in [3.8, 4) is 5.75 Å². The summed E-state index contributed by atoms with van der Waals surface area (Å²) in [5.74, 6) is 1.56. The number of allylic oxidation sites excluding steroid dienone is 3. The van der Waals surface area contributed by atoms with Gasteiger partial charge in [-0.15, -0.1) is 11.8 Å². The fourth-order valence-electron chi connectivity index (χ4n) is 2.29. The number of hydrogen-bond donors (Lipinski definition) is 0. The zero-order chi connectivity index (χ0) is 15.6. The molecule has 0 aromatic heterocycles. The Morgan fingerprint density at radius 1 is 1.33 bits per heavy atom. The minimum absolute atomic E-state index is 0.261. The molecule has 0 unspecified atom stereocenters. The van der Waals surface area contributed by atoms with Gasteiger partial charge in [-0.1, -0.05) is 37.6 Å². The lowest BCUT2D eigenvalue weighted by Crippen LogP contribution is -2.41. The highest BCUT2D eigenvalue weighted by molar-refractivity contribution is 8.00. The van der Waals surface area contributed by atoms with Crippen molar-refractivity contribution in [3.63, 3.8) is 0 Å². The standard InChI is InChI=1S/C19H26OS/c1-13(2)8-7-11-19(6)15(5)21-18-12-16(14(3)4)9-10-17(18)20-19/h7-12,14-15H,1-6H3/b11-7+/t15-,19+/m1/s1. The molecule has 0 spiro atoms. The average molecular weight is 302 g/mol. The number of benzene rings is 1. The number of rotatable bonds is 3. The van der Waals surface area contributed by atoms with Crippen LogP contribution in [0.15, 0.2) is 46.9 Å². The molecule has 0 amide bonds. The third-order valence-electron chi connectivity index (χ3n) is 3.93. The first-order valence-electron chi connectivity index (χ1n) is 7.64. The summed E-state index contributed by atoms with van der Waals surface area (Å²) in [7, 11) is 0. The van der Waals surface area contributed by atoms with Crippen molar-refractivity contribution in [2.75, 3.05) is 0 Å². The van der Waals surface area contributed by atoms with Gasteiger partial charge in [0.1, 0.15) is 11.4 Å². The topological polar surface area (TPSA) is 9.23 Å². The Bertz CT molecular complexity index is 567. The molecule has 0 saturated heterocycles. The van der Waals surface area contributed by atoms with E-state index in [1.807, 2.05) is 11.8 Å². The minimum Gasteiger partial charge on any atom is -0.481 e. The fraction of sp³-hybridized carbons (Fsp3) is 0.474. The van der Waals surface area contributed by atoms with Crippen molar-refractivity contribution in [3.05, 3.63) is 47.6 Å². The first-order chi connectivity index (χ1) is 9.82. The normalized spacial score (nSPS) is 24.8. The third-order valence-corrected chi connectivity index (χ3v) is 5.33. The van der Waals surface area contributed by atoms with Gasteiger partial charge < -0.3 is 4.74 Å². The number of thioether (sulfide) groups is 1. The molecule has 0 radical (unpaired) electrons. The van der Waals surface area contributed by atoms with Crippen molar-refractivity contribution < 1.29 is 4.74 Å². The van der Waals surface area contributed by atoms with Gasteiger partial charge in [-0.05, 0) is 57.4 Å². The maximum absolute atomic E-state index is 6.31. The van der Waals surface area contributed by atoms with E-state index < -0.39 is 0 Å². The van der Waals surface area contributed by atoms with Crippen LogP contribution in [0.1, 0.15) is 53.0 Å². The minimum atomic E-state index is -0.261. The summed E-state index contributed by atoms with van der Waals surface area (Å²) in [5.41, 5.74) is 2.41. The van der Waals surface area contributed by atoms with Gasteiger partial charge in [-0.2, -0.15) is 0 Å². The quantitative estimate of drug-likeness (QED) is 0.637. The van der Waals surface area contributed by atoms with Crippen LogP contribution in [0.4, 0.5) is 0 Å². The molecule has 2 heteroatoms. The van der Waals surface area contributed by atoms with Gasteiger partial charge in [-0.3, -0.25) is 0 Å². The summed E-state index contributed by atoms with van der Waals surface area (Å²) in [6, 6.07) is 6.58. The van der Waals surface area contributed by atoms with Crippen LogP contribution >= 0.6 is 11.8 Å². The average Bonchev–Trinajstić information content (AvgIpc) is 2.39. The first-order valence-corrected chi connectivity index (χ1v) is 8.52. The largest absolute Gasteiger partial charge is 0.481 e. The maximum atomic E-state index is 6.31. The van der Waals surface area contributed by atoms with E-state index in [1.54, 1.807) is 0 Å². The molecule has 1 nitrogen and oxygen atoms in total. The van der Waals surface area contributed by atoms with Crippen molar-refractivity contribution in [2.45, 2.75) is 63.2 Å². The molecule has 21 heavy (non-hydrogen) atoms. The second-order valence-electron chi connectivity index (χ2n) is 6.51. The smallest absolute Gasteiger partial charge is 0.137 e. The van der Waals surface area contributed by atoms with E-state index in [0.717, 1.165) is 5.75 Å². The molecular formula is C19H26OS. The second-order valence-corrected chi connectivity index (χ2v) is 7.89. The van der Waals surface area contributed by atoms with Crippen LogP contribution in [0.3, 0.4) is 0 Å². The summed E-state index contributed by atoms with van der Waals surface area (Å²) in [6.07, 6.45) is 6.42. The molecule has 0 saturated carbocycles. The number of ether oxygens (including phenoxy) is 1. The van der Waals surface area contributed by atoms with Crippen LogP contribution < -0.4 is 4.74 Å². The van der Waals surface area contributed by atoms with Gasteiger partial charge in [0.25, 0.3) is 0 Å².